The van der Waals surface area contributed by atoms with Gasteiger partial charge in [0.2, 0.25) is 5.75 Å². The summed E-state index contributed by atoms with van der Waals surface area (Å²) in [6, 6.07) is 2.56. The summed E-state index contributed by atoms with van der Waals surface area (Å²) in [5.74, 6) is -2.59. The lowest BCUT2D eigenvalue weighted by molar-refractivity contribution is -0.138. The standard InChI is InChI=1S/C25H30O11/c1-4-21(26)33-12-7-10-31-19-16-18(25(29)30)17-20(32-11-8-13-34-22(27)5-2)24(19)36-15-9-14-35-23(28)6-3/h4-6,16-17H,1-3,7-15H2,(H,29,30). The van der Waals surface area contributed by atoms with Crippen molar-refractivity contribution in [3.05, 3.63) is 55.7 Å². The van der Waals surface area contributed by atoms with Gasteiger partial charge in [0.05, 0.1) is 45.2 Å². The minimum atomic E-state index is -1.22. The highest BCUT2D eigenvalue weighted by molar-refractivity contribution is 5.89. The lowest BCUT2D eigenvalue weighted by atomic mass is 10.2. The second kappa shape index (κ2) is 17.2. The Morgan fingerprint density at radius 1 is 0.639 bits per heavy atom. The van der Waals surface area contributed by atoms with Crippen LogP contribution in [0.3, 0.4) is 0 Å². The van der Waals surface area contributed by atoms with E-state index >= 15 is 0 Å². The van der Waals surface area contributed by atoms with Gasteiger partial charge in [-0.25, -0.2) is 19.2 Å². The number of carbonyl (C=O) groups excluding carboxylic acids is 3. The maximum absolute atomic E-state index is 11.6. The first-order valence-electron chi connectivity index (χ1n) is 11.0. The van der Waals surface area contributed by atoms with Crippen molar-refractivity contribution in [2.75, 3.05) is 39.6 Å². The molecule has 0 saturated carbocycles. The zero-order valence-electron chi connectivity index (χ0n) is 19.9. The van der Waals surface area contributed by atoms with Gasteiger partial charge in [-0.15, -0.1) is 0 Å². The van der Waals surface area contributed by atoms with Crippen molar-refractivity contribution in [2.45, 2.75) is 19.3 Å². The fourth-order valence-corrected chi connectivity index (χ4v) is 2.47. The predicted molar refractivity (Wildman–Crippen MR) is 127 cm³/mol. The van der Waals surface area contributed by atoms with Crippen LogP contribution in [0.15, 0.2) is 50.1 Å². The number of hydrogen-bond donors (Lipinski definition) is 1. The van der Waals surface area contributed by atoms with Crippen molar-refractivity contribution >= 4 is 23.9 Å². The lowest BCUT2D eigenvalue weighted by Gasteiger charge is -2.18. The summed E-state index contributed by atoms with van der Waals surface area (Å²) in [4.78, 5) is 45.1. The Labute approximate surface area is 208 Å². The van der Waals surface area contributed by atoms with Crippen molar-refractivity contribution in [2.24, 2.45) is 0 Å². The van der Waals surface area contributed by atoms with Gasteiger partial charge in [-0.05, 0) is 12.1 Å². The molecule has 0 radical (unpaired) electrons. The number of hydrogen-bond acceptors (Lipinski definition) is 10. The average Bonchev–Trinajstić information content (AvgIpc) is 2.87. The Morgan fingerprint density at radius 2 is 1.00 bits per heavy atom. The van der Waals surface area contributed by atoms with Gasteiger partial charge in [-0.2, -0.15) is 0 Å². The van der Waals surface area contributed by atoms with Crippen LogP contribution in [0.2, 0.25) is 0 Å². The van der Waals surface area contributed by atoms with E-state index in [0.29, 0.717) is 19.3 Å². The second-order valence-corrected chi connectivity index (χ2v) is 6.83. The zero-order chi connectivity index (χ0) is 26.8. The topological polar surface area (TPSA) is 144 Å². The third kappa shape index (κ3) is 11.7. The number of rotatable bonds is 19. The van der Waals surface area contributed by atoms with Crippen LogP contribution >= 0.6 is 0 Å². The Hall–Kier alpha value is -4.28. The smallest absolute Gasteiger partial charge is 0.335 e. The van der Waals surface area contributed by atoms with Crippen LogP contribution in [-0.4, -0.2) is 68.6 Å². The predicted octanol–water partition coefficient (Wildman–Crippen LogP) is 2.88. The molecule has 36 heavy (non-hydrogen) atoms. The largest absolute Gasteiger partial charge is 0.489 e. The normalized spacial score (nSPS) is 9.89. The van der Waals surface area contributed by atoms with Crippen LogP contribution in [0.5, 0.6) is 17.2 Å². The number of carboxylic acids is 1. The van der Waals surface area contributed by atoms with E-state index < -0.39 is 23.9 Å². The molecule has 0 aliphatic rings. The molecule has 11 nitrogen and oxygen atoms in total. The molecule has 0 atom stereocenters. The van der Waals surface area contributed by atoms with Gasteiger partial charge in [0.25, 0.3) is 0 Å². The van der Waals surface area contributed by atoms with Gasteiger partial charge in [0.1, 0.15) is 0 Å². The molecule has 1 N–H and O–H groups in total. The quantitative estimate of drug-likeness (QED) is 0.128. The van der Waals surface area contributed by atoms with Crippen LogP contribution in [0.1, 0.15) is 29.6 Å². The zero-order valence-corrected chi connectivity index (χ0v) is 19.9. The van der Waals surface area contributed by atoms with Gasteiger partial charge in [-0.1, -0.05) is 19.7 Å². The molecule has 0 aliphatic heterocycles. The highest BCUT2D eigenvalue weighted by Gasteiger charge is 2.19. The van der Waals surface area contributed by atoms with E-state index in [-0.39, 0.29) is 62.5 Å². The van der Waals surface area contributed by atoms with Gasteiger partial charge in [0.15, 0.2) is 11.5 Å². The van der Waals surface area contributed by atoms with Crippen LogP contribution in [-0.2, 0) is 28.6 Å². The summed E-state index contributed by atoms with van der Waals surface area (Å²) in [7, 11) is 0. The molecule has 196 valence electrons. The van der Waals surface area contributed by atoms with Crippen LogP contribution in [0, 0.1) is 0 Å². The Bertz CT molecular complexity index is 885. The molecule has 11 heteroatoms. The van der Waals surface area contributed by atoms with E-state index in [1.807, 2.05) is 0 Å². The monoisotopic (exact) mass is 506 g/mol. The van der Waals surface area contributed by atoms with Crippen LogP contribution < -0.4 is 14.2 Å². The van der Waals surface area contributed by atoms with Crippen molar-refractivity contribution in [1.82, 2.24) is 0 Å². The summed E-state index contributed by atoms with van der Waals surface area (Å²) >= 11 is 0. The minimum absolute atomic E-state index is 0.0706. The lowest BCUT2D eigenvalue weighted by Crippen LogP contribution is -2.12. The van der Waals surface area contributed by atoms with E-state index in [2.05, 4.69) is 19.7 Å². The third-order valence-electron chi connectivity index (χ3n) is 4.13. The average molecular weight is 507 g/mol. The first-order chi connectivity index (χ1) is 17.3. The van der Waals surface area contributed by atoms with Gasteiger partial charge in [-0.3, -0.25) is 0 Å². The van der Waals surface area contributed by atoms with Crippen molar-refractivity contribution in [3.63, 3.8) is 0 Å². The summed E-state index contributed by atoms with van der Waals surface area (Å²) in [6.07, 6.45) is 4.09. The molecule has 0 unspecified atom stereocenters. The Kier molecular flexibility index (Phi) is 14.2. The van der Waals surface area contributed by atoms with E-state index in [0.717, 1.165) is 18.2 Å². The van der Waals surface area contributed by atoms with Crippen molar-refractivity contribution in [3.8, 4) is 17.2 Å². The summed E-state index contributed by atoms with van der Waals surface area (Å²) in [5, 5.41) is 9.50. The van der Waals surface area contributed by atoms with Gasteiger partial charge in [0, 0.05) is 37.5 Å². The number of aromatic carboxylic acids is 1. The van der Waals surface area contributed by atoms with Crippen LogP contribution in [0.25, 0.3) is 0 Å². The maximum atomic E-state index is 11.6. The SMILES string of the molecule is C=CC(=O)OCCCOc1cc(C(=O)O)cc(OCCCOC(=O)C=C)c1OCCCOC(=O)C=C. The number of benzene rings is 1. The molecule has 0 aromatic heterocycles. The molecule has 0 heterocycles. The molecule has 0 saturated heterocycles. The molecule has 0 amide bonds. The fourth-order valence-electron chi connectivity index (χ4n) is 2.47. The minimum Gasteiger partial charge on any atom is -0.489 e. The summed E-state index contributed by atoms with van der Waals surface area (Å²) in [6.45, 7) is 10.4. The highest BCUT2D eigenvalue weighted by atomic mass is 16.6. The third-order valence-corrected chi connectivity index (χ3v) is 4.13. The first kappa shape index (κ1) is 29.8. The maximum Gasteiger partial charge on any atom is 0.335 e. The molecular formula is C25H30O11. The number of carbonyl (C=O) groups is 4. The van der Waals surface area contributed by atoms with Crippen LogP contribution in [0.4, 0.5) is 0 Å². The summed E-state index contributed by atoms with van der Waals surface area (Å²) < 4.78 is 31.9. The molecule has 1 aromatic rings. The fraction of sp³-hybridized carbons (Fsp3) is 0.360. The molecule has 1 aromatic carbocycles. The summed E-state index contributed by atoms with van der Waals surface area (Å²) in [5.41, 5.74) is -0.108. The molecular weight excluding hydrogens is 476 g/mol. The number of ether oxygens (including phenoxy) is 6. The van der Waals surface area contributed by atoms with E-state index in [9.17, 15) is 24.3 Å². The Morgan fingerprint density at radius 3 is 1.33 bits per heavy atom. The molecule has 0 fully saturated rings. The molecule has 0 bridgehead atoms. The highest BCUT2D eigenvalue weighted by Crippen LogP contribution is 2.39. The van der Waals surface area contributed by atoms with E-state index in [1.54, 1.807) is 0 Å². The van der Waals surface area contributed by atoms with Crippen molar-refractivity contribution < 1.29 is 52.7 Å². The van der Waals surface area contributed by atoms with E-state index in [4.69, 9.17) is 28.4 Å². The van der Waals surface area contributed by atoms with Gasteiger partial charge >= 0.3 is 23.9 Å². The molecule has 0 spiro atoms. The molecule has 1 rings (SSSR count). The Balaban J connectivity index is 2.94. The number of esters is 3. The van der Waals surface area contributed by atoms with E-state index in [1.165, 1.54) is 12.1 Å². The first-order valence-corrected chi connectivity index (χ1v) is 11.0. The molecule has 0 aliphatic carbocycles. The number of carboxylic acid groups (broad SMARTS) is 1. The van der Waals surface area contributed by atoms with Gasteiger partial charge < -0.3 is 33.5 Å². The van der Waals surface area contributed by atoms with Crippen molar-refractivity contribution in [1.29, 1.82) is 0 Å². The second-order valence-electron chi connectivity index (χ2n) is 6.83.